The Morgan fingerprint density at radius 1 is 1.00 bits per heavy atom. The lowest BCUT2D eigenvalue weighted by Gasteiger charge is -2.15. The maximum absolute atomic E-state index is 12.3. The summed E-state index contributed by atoms with van der Waals surface area (Å²) in [6.07, 6.45) is 0. The average Bonchev–Trinajstić information content (AvgIpc) is 2.39. The molecule has 2 aromatic carbocycles. The van der Waals surface area contributed by atoms with E-state index < -0.39 is 10.0 Å². The Labute approximate surface area is 133 Å². The van der Waals surface area contributed by atoms with Crippen LogP contribution in [-0.4, -0.2) is 8.42 Å². The van der Waals surface area contributed by atoms with Gasteiger partial charge >= 0.3 is 0 Å². The normalized spacial score (nSPS) is 13.2. The summed E-state index contributed by atoms with van der Waals surface area (Å²) >= 11 is 2.22. The minimum atomic E-state index is -3.49. The van der Waals surface area contributed by atoms with Crippen molar-refractivity contribution in [1.82, 2.24) is 4.72 Å². The highest BCUT2D eigenvalue weighted by molar-refractivity contribution is 14.1. The second kappa shape index (κ2) is 6.24. The highest BCUT2D eigenvalue weighted by Crippen LogP contribution is 2.18. The number of aryl methyl sites for hydroxylation is 1. The molecule has 0 radical (unpaired) electrons. The number of halogens is 1. The maximum atomic E-state index is 12.3. The molecular weight excluding hydrogens is 385 g/mol. The molecule has 0 bridgehead atoms. The first kappa shape index (κ1) is 15.5. The summed E-state index contributed by atoms with van der Waals surface area (Å²) in [6.45, 7) is 3.77. The van der Waals surface area contributed by atoms with E-state index in [1.54, 1.807) is 24.3 Å². The third kappa shape index (κ3) is 3.80. The van der Waals surface area contributed by atoms with Gasteiger partial charge in [0.1, 0.15) is 0 Å². The molecule has 3 nitrogen and oxygen atoms in total. The number of benzene rings is 2. The Morgan fingerprint density at radius 3 is 2.10 bits per heavy atom. The lowest BCUT2D eigenvalue weighted by atomic mass is 10.1. The fourth-order valence-corrected chi connectivity index (χ4v) is 3.43. The molecule has 0 fully saturated rings. The van der Waals surface area contributed by atoms with Gasteiger partial charge in [0.25, 0.3) is 0 Å². The smallest absolute Gasteiger partial charge is 0.207 e. The fraction of sp³-hybridized carbons (Fsp3) is 0.200. The van der Waals surface area contributed by atoms with Crippen molar-refractivity contribution >= 4 is 32.6 Å². The van der Waals surface area contributed by atoms with Gasteiger partial charge in [0.05, 0.1) is 4.90 Å². The van der Waals surface area contributed by atoms with E-state index in [2.05, 4.69) is 27.3 Å². The van der Waals surface area contributed by atoms with Crippen LogP contribution in [0.5, 0.6) is 0 Å². The van der Waals surface area contributed by atoms with Gasteiger partial charge in [0.15, 0.2) is 0 Å². The van der Waals surface area contributed by atoms with Crippen LogP contribution < -0.4 is 4.72 Å². The van der Waals surface area contributed by atoms with E-state index in [-0.39, 0.29) is 6.04 Å². The highest BCUT2D eigenvalue weighted by atomic mass is 127. The highest BCUT2D eigenvalue weighted by Gasteiger charge is 2.17. The molecule has 0 spiro atoms. The van der Waals surface area contributed by atoms with Gasteiger partial charge in [-0.15, -0.1) is 0 Å². The monoisotopic (exact) mass is 401 g/mol. The molecule has 2 rings (SSSR count). The lowest BCUT2D eigenvalue weighted by Crippen LogP contribution is -2.26. The zero-order valence-corrected chi connectivity index (χ0v) is 14.3. The SMILES string of the molecule is Cc1ccc(S(=O)(=O)NC(C)c2ccc(I)cc2)cc1. The second-order valence-corrected chi connectivity index (χ2v) is 7.67. The molecule has 0 aliphatic rings. The third-order valence-corrected chi connectivity index (χ3v) is 5.31. The summed E-state index contributed by atoms with van der Waals surface area (Å²) in [5, 5.41) is 0. The summed E-state index contributed by atoms with van der Waals surface area (Å²) < 4.78 is 28.4. The van der Waals surface area contributed by atoms with E-state index in [0.717, 1.165) is 14.7 Å². The maximum Gasteiger partial charge on any atom is 0.241 e. The van der Waals surface area contributed by atoms with Crippen LogP contribution in [0.15, 0.2) is 53.4 Å². The third-order valence-electron chi connectivity index (χ3n) is 3.03. The van der Waals surface area contributed by atoms with Gasteiger partial charge in [-0.3, -0.25) is 0 Å². The van der Waals surface area contributed by atoms with Crippen molar-refractivity contribution in [2.45, 2.75) is 24.8 Å². The van der Waals surface area contributed by atoms with E-state index in [4.69, 9.17) is 0 Å². The Bertz CT molecular complexity index is 679. The van der Waals surface area contributed by atoms with Crippen LogP contribution in [0.3, 0.4) is 0 Å². The molecule has 0 saturated carbocycles. The average molecular weight is 401 g/mol. The molecule has 1 unspecified atom stereocenters. The lowest BCUT2D eigenvalue weighted by molar-refractivity contribution is 0.567. The van der Waals surface area contributed by atoms with Crippen LogP contribution in [0.2, 0.25) is 0 Å². The zero-order chi connectivity index (χ0) is 14.8. The molecule has 0 amide bonds. The van der Waals surface area contributed by atoms with Crippen molar-refractivity contribution in [2.24, 2.45) is 0 Å². The quantitative estimate of drug-likeness (QED) is 0.796. The van der Waals surface area contributed by atoms with E-state index in [9.17, 15) is 8.42 Å². The van der Waals surface area contributed by atoms with Gasteiger partial charge in [-0.2, -0.15) is 0 Å². The number of hydrogen-bond acceptors (Lipinski definition) is 2. The summed E-state index contributed by atoms with van der Waals surface area (Å²) in [5.74, 6) is 0. The second-order valence-electron chi connectivity index (χ2n) is 4.71. The van der Waals surface area contributed by atoms with Gasteiger partial charge in [-0.05, 0) is 66.3 Å². The topological polar surface area (TPSA) is 46.2 Å². The number of sulfonamides is 1. The van der Waals surface area contributed by atoms with E-state index in [1.165, 1.54) is 0 Å². The molecular formula is C15H16INO2S. The van der Waals surface area contributed by atoms with Crippen molar-refractivity contribution in [3.8, 4) is 0 Å². The first-order chi connectivity index (χ1) is 9.38. The van der Waals surface area contributed by atoms with Crippen molar-refractivity contribution in [3.05, 3.63) is 63.2 Å². The molecule has 5 heteroatoms. The van der Waals surface area contributed by atoms with Crippen LogP contribution in [-0.2, 0) is 10.0 Å². The predicted molar refractivity (Wildman–Crippen MR) is 89.1 cm³/mol. The Morgan fingerprint density at radius 2 is 1.55 bits per heavy atom. The van der Waals surface area contributed by atoms with Gasteiger partial charge < -0.3 is 0 Å². The number of nitrogens with one attached hydrogen (secondary N) is 1. The molecule has 0 saturated heterocycles. The molecule has 0 heterocycles. The summed E-state index contributed by atoms with van der Waals surface area (Å²) in [4.78, 5) is 0.292. The van der Waals surface area contributed by atoms with Gasteiger partial charge in [-0.25, -0.2) is 13.1 Å². The summed E-state index contributed by atoms with van der Waals surface area (Å²) in [6, 6.07) is 14.4. The van der Waals surface area contributed by atoms with Crippen molar-refractivity contribution in [3.63, 3.8) is 0 Å². The van der Waals surface area contributed by atoms with Gasteiger partial charge in [0.2, 0.25) is 10.0 Å². The molecule has 0 aliphatic heterocycles. The van der Waals surface area contributed by atoms with Gasteiger partial charge in [-0.1, -0.05) is 29.8 Å². The molecule has 0 aliphatic carbocycles. The molecule has 2 aromatic rings. The fourth-order valence-electron chi connectivity index (χ4n) is 1.84. The Balaban J connectivity index is 2.19. The first-order valence-electron chi connectivity index (χ1n) is 6.23. The minimum Gasteiger partial charge on any atom is -0.207 e. The van der Waals surface area contributed by atoms with Crippen LogP contribution >= 0.6 is 22.6 Å². The molecule has 0 aromatic heterocycles. The standard InChI is InChI=1S/C15H16INO2S/c1-11-3-9-15(10-4-11)20(18,19)17-12(2)13-5-7-14(16)8-6-13/h3-10,12,17H,1-2H3. The largest absolute Gasteiger partial charge is 0.241 e. The molecule has 1 atom stereocenters. The van der Waals surface area contributed by atoms with Crippen molar-refractivity contribution in [2.75, 3.05) is 0 Å². The van der Waals surface area contributed by atoms with Crippen LogP contribution in [0.25, 0.3) is 0 Å². The Hall–Kier alpha value is -0.920. The van der Waals surface area contributed by atoms with Gasteiger partial charge in [0, 0.05) is 9.61 Å². The summed E-state index contributed by atoms with van der Waals surface area (Å²) in [5.41, 5.74) is 1.98. The molecule has 1 N–H and O–H groups in total. The van der Waals surface area contributed by atoms with E-state index >= 15 is 0 Å². The van der Waals surface area contributed by atoms with Crippen LogP contribution in [0.1, 0.15) is 24.1 Å². The Kier molecular flexibility index (Phi) is 4.82. The van der Waals surface area contributed by atoms with Crippen LogP contribution in [0.4, 0.5) is 0 Å². The van der Waals surface area contributed by atoms with E-state index in [1.807, 2.05) is 38.1 Å². The molecule has 106 valence electrons. The minimum absolute atomic E-state index is 0.265. The zero-order valence-electron chi connectivity index (χ0n) is 11.3. The number of hydrogen-bond donors (Lipinski definition) is 1. The van der Waals surface area contributed by atoms with E-state index in [0.29, 0.717) is 4.90 Å². The summed E-state index contributed by atoms with van der Waals surface area (Å²) in [7, 11) is -3.49. The number of rotatable bonds is 4. The van der Waals surface area contributed by atoms with Crippen LogP contribution in [0, 0.1) is 10.5 Å². The molecule has 20 heavy (non-hydrogen) atoms. The van der Waals surface area contributed by atoms with Crippen molar-refractivity contribution in [1.29, 1.82) is 0 Å². The first-order valence-corrected chi connectivity index (χ1v) is 8.79. The van der Waals surface area contributed by atoms with Crippen molar-refractivity contribution < 1.29 is 8.42 Å². The predicted octanol–water partition coefficient (Wildman–Crippen LogP) is 3.64.